The SMILES string of the molecule is CC/C=C/CC(C)C(C)N(C)P. The Morgan fingerprint density at radius 1 is 1.33 bits per heavy atom. The predicted octanol–water partition coefficient (Wildman–Crippen LogP) is 3.09. The van der Waals surface area contributed by atoms with Gasteiger partial charge in [0.05, 0.1) is 0 Å². The molecule has 0 aliphatic rings. The van der Waals surface area contributed by atoms with Gasteiger partial charge in [-0.1, -0.05) is 35.4 Å². The van der Waals surface area contributed by atoms with E-state index in [0.717, 1.165) is 12.3 Å². The van der Waals surface area contributed by atoms with Gasteiger partial charge in [0.15, 0.2) is 0 Å². The minimum Gasteiger partial charge on any atom is -0.287 e. The van der Waals surface area contributed by atoms with Gasteiger partial charge in [-0.2, -0.15) is 0 Å². The Hall–Kier alpha value is 0.130. The summed E-state index contributed by atoms with van der Waals surface area (Å²) in [5.41, 5.74) is 0. The van der Waals surface area contributed by atoms with Crippen LogP contribution >= 0.6 is 9.39 Å². The predicted molar refractivity (Wildman–Crippen MR) is 60.1 cm³/mol. The molecular formula is C10H22NP. The molecule has 72 valence electrons. The third-order valence-corrected chi connectivity index (χ3v) is 2.85. The summed E-state index contributed by atoms with van der Waals surface area (Å²) in [6.45, 7) is 6.73. The molecular weight excluding hydrogens is 165 g/mol. The lowest BCUT2D eigenvalue weighted by Gasteiger charge is -2.25. The molecule has 12 heavy (non-hydrogen) atoms. The first kappa shape index (κ1) is 12.1. The quantitative estimate of drug-likeness (QED) is 0.472. The smallest absolute Gasteiger partial charge is 0.0126 e. The van der Waals surface area contributed by atoms with Crippen LogP contribution in [-0.2, 0) is 0 Å². The molecule has 0 aromatic heterocycles. The third kappa shape index (κ3) is 4.90. The van der Waals surface area contributed by atoms with E-state index in [0.29, 0.717) is 6.04 Å². The second-order valence-electron chi connectivity index (χ2n) is 3.50. The zero-order valence-electron chi connectivity index (χ0n) is 8.75. The van der Waals surface area contributed by atoms with E-state index in [9.17, 15) is 0 Å². The maximum atomic E-state index is 2.73. The van der Waals surface area contributed by atoms with E-state index < -0.39 is 0 Å². The lowest BCUT2D eigenvalue weighted by atomic mass is 10.00. The van der Waals surface area contributed by atoms with Gasteiger partial charge < -0.3 is 0 Å². The molecule has 0 rings (SSSR count). The zero-order valence-corrected chi connectivity index (χ0v) is 9.90. The average molecular weight is 187 g/mol. The van der Waals surface area contributed by atoms with Gasteiger partial charge in [-0.3, -0.25) is 4.67 Å². The summed E-state index contributed by atoms with van der Waals surface area (Å²) in [4.78, 5) is 0. The van der Waals surface area contributed by atoms with Crippen LogP contribution in [0, 0.1) is 5.92 Å². The minimum absolute atomic E-state index is 0.636. The minimum atomic E-state index is 0.636. The van der Waals surface area contributed by atoms with Crippen molar-refractivity contribution in [2.24, 2.45) is 5.92 Å². The van der Waals surface area contributed by atoms with Crippen LogP contribution in [-0.4, -0.2) is 17.8 Å². The van der Waals surface area contributed by atoms with Crippen molar-refractivity contribution >= 4 is 9.39 Å². The van der Waals surface area contributed by atoms with Crippen molar-refractivity contribution in [2.45, 2.75) is 39.7 Å². The van der Waals surface area contributed by atoms with Crippen LogP contribution in [0.3, 0.4) is 0 Å². The van der Waals surface area contributed by atoms with E-state index >= 15 is 0 Å². The van der Waals surface area contributed by atoms with Crippen molar-refractivity contribution in [1.82, 2.24) is 4.67 Å². The first-order valence-corrected chi connectivity index (χ1v) is 5.23. The molecule has 3 atom stereocenters. The number of hydrogen-bond donors (Lipinski definition) is 0. The number of allylic oxidation sites excluding steroid dienone is 2. The molecule has 0 radical (unpaired) electrons. The van der Waals surface area contributed by atoms with Crippen LogP contribution in [0.1, 0.15) is 33.6 Å². The lowest BCUT2D eigenvalue weighted by Crippen LogP contribution is -2.26. The van der Waals surface area contributed by atoms with Crippen molar-refractivity contribution in [3.8, 4) is 0 Å². The first-order chi connectivity index (χ1) is 5.59. The van der Waals surface area contributed by atoms with Crippen LogP contribution < -0.4 is 0 Å². The zero-order chi connectivity index (χ0) is 9.56. The van der Waals surface area contributed by atoms with E-state index in [4.69, 9.17) is 0 Å². The Morgan fingerprint density at radius 2 is 1.92 bits per heavy atom. The molecule has 0 saturated carbocycles. The van der Waals surface area contributed by atoms with Gasteiger partial charge in [0.2, 0.25) is 0 Å². The van der Waals surface area contributed by atoms with Gasteiger partial charge in [0.1, 0.15) is 0 Å². The summed E-state index contributed by atoms with van der Waals surface area (Å²) in [5.74, 6) is 0.732. The largest absolute Gasteiger partial charge is 0.287 e. The lowest BCUT2D eigenvalue weighted by molar-refractivity contribution is 0.324. The van der Waals surface area contributed by atoms with Crippen molar-refractivity contribution in [2.75, 3.05) is 7.05 Å². The highest BCUT2D eigenvalue weighted by Gasteiger charge is 2.11. The van der Waals surface area contributed by atoms with Gasteiger partial charge in [-0.25, -0.2) is 0 Å². The molecule has 0 heterocycles. The van der Waals surface area contributed by atoms with Gasteiger partial charge in [-0.15, -0.1) is 0 Å². The first-order valence-electron chi connectivity index (χ1n) is 4.72. The van der Waals surface area contributed by atoms with Gasteiger partial charge in [-0.05, 0) is 32.7 Å². The highest BCUT2D eigenvalue weighted by Crippen LogP contribution is 2.16. The molecule has 1 nitrogen and oxygen atoms in total. The molecule has 0 spiro atoms. The molecule has 0 aromatic carbocycles. The van der Waals surface area contributed by atoms with Crippen LogP contribution in [0.15, 0.2) is 12.2 Å². The van der Waals surface area contributed by atoms with Crippen molar-refractivity contribution in [3.05, 3.63) is 12.2 Å². The second-order valence-corrected chi connectivity index (χ2v) is 4.31. The highest BCUT2D eigenvalue weighted by atomic mass is 31.0. The molecule has 0 aliphatic carbocycles. The van der Waals surface area contributed by atoms with Gasteiger partial charge >= 0.3 is 0 Å². The fourth-order valence-corrected chi connectivity index (χ4v) is 1.37. The number of rotatable bonds is 5. The fourth-order valence-electron chi connectivity index (χ4n) is 1.08. The van der Waals surface area contributed by atoms with E-state index in [1.165, 1.54) is 6.42 Å². The Balaban J connectivity index is 3.71. The Bertz CT molecular complexity index is 132. The number of hydrogen-bond acceptors (Lipinski definition) is 1. The summed E-state index contributed by atoms with van der Waals surface area (Å²) in [5, 5.41) is 0. The van der Waals surface area contributed by atoms with E-state index in [1.807, 2.05) is 0 Å². The maximum absolute atomic E-state index is 2.73. The van der Waals surface area contributed by atoms with Gasteiger partial charge in [0.25, 0.3) is 0 Å². The third-order valence-electron chi connectivity index (χ3n) is 2.38. The molecule has 0 aliphatic heterocycles. The Labute approximate surface area is 79.5 Å². The topological polar surface area (TPSA) is 3.24 Å². The second kappa shape index (κ2) is 6.62. The molecule has 2 heteroatoms. The molecule has 0 bridgehead atoms. The fraction of sp³-hybridized carbons (Fsp3) is 0.800. The van der Waals surface area contributed by atoms with Crippen LogP contribution in [0.4, 0.5) is 0 Å². The maximum Gasteiger partial charge on any atom is 0.0126 e. The van der Waals surface area contributed by atoms with Crippen LogP contribution in [0.25, 0.3) is 0 Å². The molecule has 0 fully saturated rings. The normalized spacial score (nSPS) is 17.2. The van der Waals surface area contributed by atoms with Crippen LogP contribution in [0.2, 0.25) is 0 Å². The summed E-state index contributed by atoms with van der Waals surface area (Å²) in [7, 11) is 4.83. The summed E-state index contributed by atoms with van der Waals surface area (Å²) in [6.07, 6.45) is 6.87. The van der Waals surface area contributed by atoms with Crippen LogP contribution in [0.5, 0.6) is 0 Å². The van der Waals surface area contributed by atoms with E-state index in [2.05, 4.69) is 54.0 Å². The van der Waals surface area contributed by atoms with Crippen molar-refractivity contribution in [3.63, 3.8) is 0 Å². The summed E-state index contributed by atoms with van der Waals surface area (Å²) < 4.78 is 2.20. The van der Waals surface area contributed by atoms with Crippen molar-refractivity contribution < 1.29 is 0 Å². The molecule has 0 aromatic rings. The number of nitrogens with zero attached hydrogens (tertiary/aromatic N) is 1. The van der Waals surface area contributed by atoms with Gasteiger partial charge in [0, 0.05) is 6.04 Å². The molecule has 0 saturated heterocycles. The van der Waals surface area contributed by atoms with E-state index in [1.54, 1.807) is 0 Å². The average Bonchev–Trinajstić information content (AvgIpc) is 2.03. The standard InChI is InChI=1S/C10H22NP/c1-5-6-7-8-9(2)10(3)11(4)12/h6-7,9-10H,5,8,12H2,1-4H3/b7-6+. The highest BCUT2D eigenvalue weighted by molar-refractivity contribution is 7.13. The van der Waals surface area contributed by atoms with E-state index in [-0.39, 0.29) is 0 Å². The molecule has 0 N–H and O–H groups in total. The summed E-state index contributed by atoms with van der Waals surface area (Å²) in [6, 6.07) is 0.636. The molecule has 0 amide bonds. The Morgan fingerprint density at radius 3 is 2.33 bits per heavy atom. The molecule has 3 unspecified atom stereocenters. The Kier molecular flexibility index (Phi) is 6.70. The monoisotopic (exact) mass is 187 g/mol. The summed E-state index contributed by atoms with van der Waals surface area (Å²) >= 11 is 0. The van der Waals surface area contributed by atoms with Crippen molar-refractivity contribution in [1.29, 1.82) is 0 Å².